The quantitative estimate of drug-likeness (QED) is 0.309. The van der Waals surface area contributed by atoms with Crippen LogP contribution >= 0.6 is 0 Å². The number of benzene rings is 5. The van der Waals surface area contributed by atoms with Crippen LogP contribution in [-0.2, 0) is 0 Å². The smallest absolute Gasteiger partial charge is 0.266 e. The first-order valence-electron chi connectivity index (χ1n) is 12.8. The molecule has 6 nitrogen and oxygen atoms in total. The Kier molecular flexibility index (Phi) is 5.28. The Morgan fingerprint density at radius 3 is 0.725 bits per heavy atom. The summed E-state index contributed by atoms with van der Waals surface area (Å²) in [6.07, 6.45) is 0. The van der Waals surface area contributed by atoms with Gasteiger partial charge in [-0.2, -0.15) is 0 Å². The molecule has 0 radical (unpaired) electrons. The van der Waals surface area contributed by atoms with E-state index in [0.717, 1.165) is 9.13 Å². The van der Waals surface area contributed by atoms with Crippen molar-refractivity contribution in [3.05, 3.63) is 163 Å². The van der Waals surface area contributed by atoms with Gasteiger partial charge in [0.2, 0.25) is 0 Å². The van der Waals surface area contributed by atoms with E-state index in [-0.39, 0.29) is 11.4 Å². The van der Waals surface area contributed by atoms with Gasteiger partial charge in [0.05, 0.1) is 11.4 Å². The highest BCUT2D eigenvalue weighted by atomic mass is 16.2. The molecule has 0 spiro atoms. The Bertz CT molecular complexity index is 2110. The third-order valence-electron chi connectivity index (χ3n) is 7.39. The predicted octanol–water partition coefficient (Wildman–Crippen LogP) is 5.32. The fourth-order valence-corrected chi connectivity index (χ4v) is 5.56. The van der Waals surface area contributed by atoms with Crippen LogP contribution in [0.25, 0.3) is 54.5 Å². The third kappa shape index (κ3) is 3.36. The molecular formula is C34H20N2O4. The van der Waals surface area contributed by atoms with Crippen molar-refractivity contribution in [3.63, 3.8) is 0 Å². The zero-order valence-electron chi connectivity index (χ0n) is 21.1. The second kappa shape index (κ2) is 8.99. The molecule has 2 heterocycles. The highest BCUT2D eigenvalue weighted by molar-refractivity contribution is 6.06. The summed E-state index contributed by atoms with van der Waals surface area (Å²) in [4.78, 5) is 56.4. The lowest BCUT2D eigenvalue weighted by Crippen LogP contribution is -2.33. The summed E-state index contributed by atoms with van der Waals surface area (Å²) in [5.41, 5.74) is -1.88. The van der Waals surface area contributed by atoms with Crippen molar-refractivity contribution in [2.24, 2.45) is 0 Å². The number of para-hydroxylation sites is 2. The molecule has 0 N–H and O–H groups in total. The van der Waals surface area contributed by atoms with Gasteiger partial charge < -0.3 is 0 Å². The molecule has 5 aromatic carbocycles. The Hall–Kier alpha value is -5.62. The van der Waals surface area contributed by atoms with Crippen LogP contribution in [0.15, 0.2) is 141 Å². The van der Waals surface area contributed by atoms with Gasteiger partial charge in [-0.25, -0.2) is 9.13 Å². The molecule has 0 fully saturated rings. The summed E-state index contributed by atoms with van der Waals surface area (Å²) in [6, 6.07) is 34.7. The summed E-state index contributed by atoms with van der Waals surface area (Å²) in [5, 5.41) is 3.95. The maximum absolute atomic E-state index is 14.1. The molecule has 0 aliphatic heterocycles. The number of rotatable bonds is 2. The molecule has 6 heteroatoms. The largest absolute Gasteiger partial charge is 0.268 e. The average molecular weight is 521 g/mol. The SMILES string of the molecule is O=c1c2ccccc2c2ccccc2c(=O)n1-c1ccccc1-n1c(=O)c2ccccc2c2ccccc2c1=O. The standard InChI is InChI=1S/C34H20N2O4/c37-31-25-15-5-1-11-21(25)22-12-2-6-16-26(22)32(38)35(31)29-19-9-10-20-30(29)36-33(39)27-17-7-3-13-23(27)24-14-4-8-18-28(24)34(36)40/h1-20H. The van der Waals surface area contributed by atoms with E-state index in [4.69, 9.17) is 0 Å². The number of fused-ring (bicyclic) bond motifs is 6. The predicted molar refractivity (Wildman–Crippen MR) is 160 cm³/mol. The second-order valence-electron chi connectivity index (χ2n) is 9.56. The zero-order chi connectivity index (χ0) is 27.4. The molecule has 0 aliphatic rings. The monoisotopic (exact) mass is 520 g/mol. The topological polar surface area (TPSA) is 78.1 Å². The van der Waals surface area contributed by atoms with Gasteiger partial charge in [0.25, 0.3) is 22.2 Å². The van der Waals surface area contributed by atoms with Crippen molar-refractivity contribution in [1.82, 2.24) is 9.13 Å². The fourth-order valence-electron chi connectivity index (χ4n) is 5.56. The van der Waals surface area contributed by atoms with Gasteiger partial charge in [0, 0.05) is 21.5 Å². The fraction of sp³-hybridized carbons (Fsp3) is 0. The molecule has 0 bridgehead atoms. The molecule has 40 heavy (non-hydrogen) atoms. The summed E-state index contributed by atoms with van der Waals surface area (Å²) in [6.45, 7) is 0. The van der Waals surface area contributed by atoms with E-state index in [1.807, 2.05) is 48.5 Å². The van der Waals surface area contributed by atoms with Crippen LogP contribution in [0.5, 0.6) is 0 Å². The van der Waals surface area contributed by atoms with Crippen LogP contribution in [0.4, 0.5) is 0 Å². The minimum atomic E-state index is -0.542. The minimum Gasteiger partial charge on any atom is -0.268 e. The van der Waals surface area contributed by atoms with Crippen LogP contribution in [0.1, 0.15) is 0 Å². The van der Waals surface area contributed by atoms with Gasteiger partial charge in [0.15, 0.2) is 0 Å². The van der Waals surface area contributed by atoms with E-state index in [1.165, 1.54) is 0 Å². The van der Waals surface area contributed by atoms with Crippen LogP contribution in [-0.4, -0.2) is 9.13 Å². The molecule has 0 aliphatic carbocycles. The lowest BCUT2D eigenvalue weighted by molar-refractivity contribution is 0.911. The summed E-state index contributed by atoms with van der Waals surface area (Å²) in [5.74, 6) is 0. The summed E-state index contributed by atoms with van der Waals surface area (Å²) >= 11 is 0. The summed E-state index contributed by atoms with van der Waals surface area (Å²) < 4.78 is 2.15. The number of nitrogens with zero attached hydrogens (tertiary/aromatic N) is 2. The number of hydrogen-bond donors (Lipinski definition) is 0. The van der Waals surface area contributed by atoms with Crippen molar-refractivity contribution in [3.8, 4) is 11.4 Å². The highest BCUT2D eigenvalue weighted by Gasteiger charge is 2.19. The maximum Gasteiger partial charge on any atom is 0.266 e. The van der Waals surface area contributed by atoms with E-state index in [9.17, 15) is 19.2 Å². The van der Waals surface area contributed by atoms with E-state index in [2.05, 4.69) is 0 Å². The van der Waals surface area contributed by atoms with Gasteiger partial charge in [-0.3, -0.25) is 19.2 Å². The van der Waals surface area contributed by atoms with Gasteiger partial charge >= 0.3 is 0 Å². The first-order valence-corrected chi connectivity index (χ1v) is 12.8. The Morgan fingerprint density at radius 2 is 0.475 bits per heavy atom. The van der Waals surface area contributed by atoms with E-state index in [0.29, 0.717) is 43.1 Å². The molecular weight excluding hydrogens is 500 g/mol. The van der Waals surface area contributed by atoms with Crippen LogP contribution in [0.3, 0.4) is 0 Å². The Labute approximate surface area is 226 Å². The molecule has 0 amide bonds. The molecule has 0 saturated carbocycles. The molecule has 0 saturated heterocycles. The molecule has 7 rings (SSSR count). The van der Waals surface area contributed by atoms with Crippen LogP contribution < -0.4 is 22.2 Å². The number of aromatic nitrogens is 2. The van der Waals surface area contributed by atoms with Crippen molar-refractivity contribution < 1.29 is 0 Å². The molecule has 0 atom stereocenters. The molecule has 0 unspecified atom stereocenters. The van der Waals surface area contributed by atoms with Crippen molar-refractivity contribution in [2.75, 3.05) is 0 Å². The highest BCUT2D eigenvalue weighted by Crippen LogP contribution is 2.23. The van der Waals surface area contributed by atoms with E-state index >= 15 is 0 Å². The van der Waals surface area contributed by atoms with E-state index in [1.54, 1.807) is 72.8 Å². The first kappa shape index (κ1) is 23.5. The van der Waals surface area contributed by atoms with Gasteiger partial charge in [-0.05, 0) is 57.9 Å². The zero-order valence-corrected chi connectivity index (χ0v) is 21.1. The summed E-state index contributed by atoms with van der Waals surface area (Å²) in [7, 11) is 0. The van der Waals surface area contributed by atoms with Crippen molar-refractivity contribution >= 4 is 43.1 Å². The lowest BCUT2D eigenvalue weighted by Gasteiger charge is -2.11. The normalized spacial score (nSPS) is 11.4. The third-order valence-corrected chi connectivity index (χ3v) is 7.39. The average Bonchev–Trinajstić information content (AvgIpc) is 3.16. The van der Waals surface area contributed by atoms with Gasteiger partial charge in [-0.1, -0.05) is 84.9 Å². The maximum atomic E-state index is 14.1. The van der Waals surface area contributed by atoms with Crippen molar-refractivity contribution in [2.45, 2.75) is 0 Å². The molecule has 7 aromatic rings. The van der Waals surface area contributed by atoms with Crippen molar-refractivity contribution in [1.29, 1.82) is 0 Å². The lowest BCUT2D eigenvalue weighted by atomic mass is 10.1. The number of hydrogen-bond acceptors (Lipinski definition) is 4. The van der Waals surface area contributed by atoms with E-state index < -0.39 is 22.2 Å². The molecule has 190 valence electrons. The Balaban J connectivity index is 1.72. The minimum absolute atomic E-state index is 0.141. The van der Waals surface area contributed by atoms with Crippen LogP contribution in [0, 0.1) is 0 Å². The molecule has 2 aromatic heterocycles. The van der Waals surface area contributed by atoms with Gasteiger partial charge in [0.1, 0.15) is 0 Å². The second-order valence-corrected chi connectivity index (χ2v) is 9.56. The Morgan fingerprint density at radius 1 is 0.275 bits per heavy atom. The van der Waals surface area contributed by atoms with Crippen LogP contribution in [0.2, 0.25) is 0 Å². The first-order chi connectivity index (χ1) is 19.6. The van der Waals surface area contributed by atoms with Gasteiger partial charge in [-0.15, -0.1) is 0 Å².